The van der Waals surface area contributed by atoms with Crippen molar-refractivity contribution in [2.45, 2.75) is 33.1 Å². The number of para-hydroxylation sites is 1. The highest BCUT2D eigenvalue weighted by atomic mass is 16.5. The summed E-state index contributed by atoms with van der Waals surface area (Å²) in [5.41, 5.74) is 2.22. The molecule has 0 spiro atoms. The van der Waals surface area contributed by atoms with Crippen LogP contribution in [0.5, 0.6) is 11.5 Å². The molecule has 0 aromatic heterocycles. The van der Waals surface area contributed by atoms with Gasteiger partial charge in [0.2, 0.25) is 0 Å². The molecule has 1 saturated heterocycles. The molecule has 1 aliphatic heterocycles. The van der Waals surface area contributed by atoms with Gasteiger partial charge in [-0.3, -0.25) is 9.59 Å². The zero-order chi connectivity index (χ0) is 20.6. The molecule has 29 heavy (non-hydrogen) atoms. The zero-order valence-corrected chi connectivity index (χ0v) is 17.1. The molecular weight excluding hydrogens is 368 g/mol. The van der Waals surface area contributed by atoms with E-state index in [4.69, 9.17) is 9.47 Å². The molecule has 1 aliphatic rings. The summed E-state index contributed by atoms with van der Waals surface area (Å²) in [6, 6.07) is 12.6. The number of ether oxygens (including phenoxy) is 2. The lowest BCUT2D eigenvalue weighted by molar-refractivity contribution is -0.134. The topological polar surface area (TPSA) is 67.9 Å². The van der Waals surface area contributed by atoms with E-state index in [1.165, 1.54) is 6.42 Å². The fourth-order valence-corrected chi connectivity index (χ4v) is 3.32. The fraction of sp³-hybridized carbons (Fsp3) is 0.391. The third-order valence-corrected chi connectivity index (χ3v) is 4.96. The van der Waals surface area contributed by atoms with Crippen LogP contribution in [0.2, 0.25) is 0 Å². The van der Waals surface area contributed by atoms with Crippen LogP contribution in [0.15, 0.2) is 42.5 Å². The number of carbonyl (C=O) groups is 2. The Kier molecular flexibility index (Phi) is 7.11. The molecule has 0 radical (unpaired) electrons. The highest BCUT2D eigenvalue weighted by molar-refractivity contribution is 6.05. The van der Waals surface area contributed by atoms with Crippen LogP contribution in [0, 0.1) is 6.92 Å². The molecular formula is C23H28N2O4. The Hall–Kier alpha value is -3.02. The van der Waals surface area contributed by atoms with Gasteiger partial charge in [-0.25, -0.2) is 0 Å². The Bertz CT molecular complexity index is 860. The smallest absolute Gasteiger partial charge is 0.260 e. The fourth-order valence-electron chi connectivity index (χ4n) is 3.32. The van der Waals surface area contributed by atoms with Crippen molar-refractivity contribution >= 4 is 17.5 Å². The Labute approximate surface area is 171 Å². The van der Waals surface area contributed by atoms with Gasteiger partial charge in [0.1, 0.15) is 0 Å². The van der Waals surface area contributed by atoms with Gasteiger partial charge in [-0.05, 0) is 62.9 Å². The number of nitrogens with zero attached hydrogens (tertiary/aromatic N) is 1. The van der Waals surface area contributed by atoms with Gasteiger partial charge in [0.05, 0.1) is 6.61 Å². The molecule has 154 valence electrons. The molecule has 0 atom stereocenters. The largest absolute Gasteiger partial charge is 0.490 e. The molecule has 2 amide bonds. The van der Waals surface area contributed by atoms with Gasteiger partial charge < -0.3 is 19.7 Å². The molecule has 6 nitrogen and oxygen atoms in total. The van der Waals surface area contributed by atoms with Crippen LogP contribution >= 0.6 is 0 Å². The summed E-state index contributed by atoms with van der Waals surface area (Å²) in [4.78, 5) is 26.8. The molecule has 0 saturated carbocycles. The third kappa shape index (κ3) is 5.50. The van der Waals surface area contributed by atoms with Crippen molar-refractivity contribution in [2.75, 3.05) is 31.6 Å². The second kappa shape index (κ2) is 9.96. The molecule has 2 aromatic rings. The highest BCUT2D eigenvalue weighted by Crippen LogP contribution is 2.29. The van der Waals surface area contributed by atoms with E-state index in [1.807, 2.05) is 43.0 Å². The van der Waals surface area contributed by atoms with Gasteiger partial charge in [0, 0.05) is 24.3 Å². The first kappa shape index (κ1) is 20.7. The summed E-state index contributed by atoms with van der Waals surface area (Å²) in [6.45, 7) is 5.78. The van der Waals surface area contributed by atoms with E-state index in [9.17, 15) is 9.59 Å². The number of amides is 2. The lowest BCUT2D eigenvalue weighted by atomic mass is 10.1. The maximum absolute atomic E-state index is 12.6. The molecule has 1 N–H and O–H groups in total. The summed E-state index contributed by atoms with van der Waals surface area (Å²) in [5, 5.41) is 2.91. The summed E-state index contributed by atoms with van der Waals surface area (Å²) < 4.78 is 11.4. The van der Waals surface area contributed by atoms with E-state index < -0.39 is 0 Å². The molecule has 1 fully saturated rings. The number of carbonyl (C=O) groups excluding carboxylic acids is 2. The van der Waals surface area contributed by atoms with Crippen molar-refractivity contribution in [3.8, 4) is 11.5 Å². The molecule has 2 aromatic carbocycles. The summed E-state index contributed by atoms with van der Waals surface area (Å²) >= 11 is 0. The Balaban J connectivity index is 1.68. The maximum Gasteiger partial charge on any atom is 0.260 e. The number of benzene rings is 2. The van der Waals surface area contributed by atoms with E-state index in [0.29, 0.717) is 23.7 Å². The monoisotopic (exact) mass is 396 g/mol. The SMILES string of the molecule is CCOc1cc(C(=O)Nc2ccccc2C)ccc1OCC(=O)N1CCCCC1. The van der Waals surface area contributed by atoms with Gasteiger partial charge in [-0.1, -0.05) is 18.2 Å². The average Bonchev–Trinajstić information content (AvgIpc) is 2.75. The van der Waals surface area contributed by atoms with Gasteiger partial charge >= 0.3 is 0 Å². The summed E-state index contributed by atoms with van der Waals surface area (Å²) in [7, 11) is 0. The highest BCUT2D eigenvalue weighted by Gasteiger charge is 2.18. The summed E-state index contributed by atoms with van der Waals surface area (Å²) in [5.74, 6) is 0.672. The second-order valence-corrected chi connectivity index (χ2v) is 7.09. The van der Waals surface area contributed by atoms with Crippen molar-refractivity contribution in [1.82, 2.24) is 4.90 Å². The van der Waals surface area contributed by atoms with E-state index in [0.717, 1.165) is 37.2 Å². The molecule has 1 heterocycles. The first-order chi connectivity index (χ1) is 14.1. The zero-order valence-electron chi connectivity index (χ0n) is 17.1. The van der Waals surface area contributed by atoms with E-state index in [1.54, 1.807) is 18.2 Å². The minimum atomic E-state index is -0.226. The van der Waals surface area contributed by atoms with Gasteiger partial charge in [0.15, 0.2) is 18.1 Å². The van der Waals surface area contributed by atoms with Gasteiger partial charge in [0.25, 0.3) is 11.8 Å². The van der Waals surface area contributed by atoms with Gasteiger partial charge in [-0.2, -0.15) is 0 Å². The van der Waals surface area contributed by atoms with Crippen LogP contribution in [-0.4, -0.2) is 43.0 Å². The maximum atomic E-state index is 12.6. The van der Waals surface area contributed by atoms with E-state index in [2.05, 4.69) is 5.32 Å². The first-order valence-electron chi connectivity index (χ1n) is 10.1. The third-order valence-electron chi connectivity index (χ3n) is 4.96. The second-order valence-electron chi connectivity index (χ2n) is 7.09. The lowest BCUT2D eigenvalue weighted by Crippen LogP contribution is -2.38. The van der Waals surface area contributed by atoms with Crippen LogP contribution in [0.3, 0.4) is 0 Å². The van der Waals surface area contributed by atoms with E-state index in [-0.39, 0.29) is 18.4 Å². The molecule has 0 aliphatic carbocycles. The van der Waals surface area contributed by atoms with Crippen LogP contribution in [0.1, 0.15) is 42.1 Å². The number of rotatable bonds is 7. The molecule has 6 heteroatoms. The number of hydrogen-bond acceptors (Lipinski definition) is 4. The normalized spacial score (nSPS) is 13.7. The number of likely N-dealkylation sites (tertiary alicyclic amines) is 1. The summed E-state index contributed by atoms with van der Waals surface area (Å²) in [6.07, 6.45) is 3.26. The standard InChI is InChI=1S/C23H28N2O4/c1-3-28-21-15-18(23(27)24-19-10-6-5-9-17(19)2)11-12-20(21)29-16-22(26)25-13-7-4-8-14-25/h5-6,9-12,15H,3-4,7-8,13-14,16H2,1-2H3,(H,24,27). The average molecular weight is 396 g/mol. The molecule has 0 unspecified atom stereocenters. The number of hydrogen-bond donors (Lipinski definition) is 1. The van der Waals surface area contributed by atoms with Crippen molar-refractivity contribution in [3.05, 3.63) is 53.6 Å². The lowest BCUT2D eigenvalue weighted by Gasteiger charge is -2.26. The first-order valence-corrected chi connectivity index (χ1v) is 10.1. The number of piperidine rings is 1. The van der Waals surface area contributed by atoms with Crippen LogP contribution in [-0.2, 0) is 4.79 Å². The molecule has 3 rings (SSSR count). The predicted octanol–water partition coefficient (Wildman–Crippen LogP) is 4.04. The number of aryl methyl sites for hydroxylation is 1. The quantitative estimate of drug-likeness (QED) is 0.767. The van der Waals surface area contributed by atoms with Crippen molar-refractivity contribution in [1.29, 1.82) is 0 Å². The Morgan fingerprint density at radius 1 is 1.00 bits per heavy atom. The van der Waals surface area contributed by atoms with Crippen molar-refractivity contribution in [3.63, 3.8) is 0 Å². The minimum Gasteiger partial charge on any atom is -0.490 e. The Morgan fingerprint density at radius 2 is 1.76 bits per heavy atom. The minimum absolute atomic E-state index is 0.0199. The molecule has 0 bridgehead atoms. The van der Waals surface area contributed by atoms with E-state index >= 15 is 0 Å². The van der Waals surface area contributed by atoms with Gasteiger partial charge in [-0.15, -0.1) is 0 Å². The number of anilines is 1. The van der Waals surface area contributed by atoms with Crippen LogP contribution in [0.4, 0.5) is 5.69 Å². The number of nitrogens with one attached hydrogen (secondary N) is 1. The van der Waals surface area contributed by atoms with Crippen LogP contribution < -0.4 is 14.8 Å². The predicted molar refractivity (Wildman–Crippen MR) is 113 cm³/mol. The van der Waals surface area contributed by atoms with Crippen LogP contribution in [0.25, 0.3) is 0 Å². The van der Waals surface area contributed by atoms with Crippen molar-refractivity contribution in [2.24, 2.45) is 0 Å². The Morgan fingerprint density at radius 3 is 2.48 bits per heavy atom. The van der Waals surface area contributed by atoms with Crippen molar-refractivity contribution < 1.29 is 19.1 Å².